The number of hydrogen-bond donors (Lipinski definition) is 0. The highest BCUT2D eigenvalue weighted by atomic mass is 15.8. The van der Waals surface area contributed by atoms with Crippen LogP contribution in [0.3, 0.4) is 0 Å². The molecule has 0 aromatic heterocycles. The minimum absolute atomic E-state index is 0.280. The first kappa shape index (κ1) is 40.5. The molecule has 5 heterocycles. The zero-order valence-corrected chi connectivity index (χ0v) is 32.9. The van der Waals surface area contributed by atoms with E-state index < -0.39 is 0 Å². The summed E-state index contributed by atoms with van der Waals surface area (Å²) in [5.74, 6) is 1.09. The molecule has 5 aliphatic heterocycles. The quantitative estimate of drug-likeness (QED) is 0.393. The highest BCUT2D eigenvalue weighted by Gasteiger charge is 2.48. The Bertz CT molecular complexity index is 1060. The lowest BCUT2D eigenvalue weighted by Gasteiger charge is -2.40. The van der Waals surface area contributed by atoms with Gasteiger partial charge < -0.3 is 19.7 Å². The molecule has 12 nitrogen and oxygen atoms in total. The number of rotatable bonds is 0. The number of hydrazine groups is 2. The monoisotopic (exact) mass is 635 g/mol. The van der Waals surface area contributed by atoms with Crippen LogP contribution in [-0.4, -0.2) is 176 Å². The summed E-state index contributed by atoms with van der Waals surface area (Å²) in [7, 11) is 20.7. The Morgan fingerprint density at radius 1 is 0.511 bits per heavy atom. The van der Waals surface area contributed by atoms with E-state index >= 15 is 0 Å². The van der Waals surface area contributed by atoms with Crippen molar-refractivity contribution < 1.29 is 0 Å². The van der Waals surface area contributed by atoms with Gasteiger partial charge in [-0.3, -0.25) is 14.8 Å². The summed E-state index contributed by atoms with van der Waals surface area (Å²) in [5, 5.41) is 18.5. The average Bonchev–Trinajstić information content (AvgIpc) is 3.59. The Hall–Kier alpha value is -2.54. The van der Waals surface area contributed by atoms with Gasteiger partial charge in [-0.1, -0.05) is 0 Å². The Morgan fingerprint density at radius 3 is 1.09 bits per heavy atom. The third-order valence-electron chi connectivity index (χ3n) is 10.6. The Morgan fingerprint density at radius 2 is 0.978 bits per heavy atom. The fraction of sp³-hybridized carbons (Fsp3) is 0.818. The molecular formula is C33H70N12. The third kappa shape index (κ3) is 10.5. The highest BCUT2D eigenvalue weighted by Crippen LogP contribution is 2.37. The summed E-state index contributed by atoms with van der Waals surface area (Å²) in [6.07, 6.45) is 0. The maximum atomic E-state index is 4.15. The Kier molecular flexibility index (Phi) is 14.7. The first-order valence-corrected chi connectivity index (χ1v) is 16.0. The second-order valence-corrected chi connectivity index (χ2v) is 14.4. The number of allylic oxidation sites excluding steroid dienone is 3. The summed E-state index contributed by atoms with van der Waals surface area (Å²) < 4.78 is 0. The van der Waals surface area contributed by atoms with Gasteiger partial charge in [0.1, 0.15) is 12.5 Å². The summed E-state index contributed by atoms with van der Waals surface area (Å²) in [5.41, 5.74) is 7.37. The van der Waals surface area contributed by atoms with Crippen molar-refractivity contribution in [2.75, 3.05) is 104 Å². The largest absolute Gasteiger partial charge is 0.359 e. The summed E-state index contributed by atoms with van der Waals surface area (Å²) in [6, 6.07) is 0. The van der Waals surface area contributed by atoms with Gasteiger partial charge in [-0.2, -0.15) is 10.2 Å². The molecule has 0 atom stereocenters. The van der Waals surface area contributed by atoms with Crippen molar-refractivity contribution in [3.05, 3.63) is 22.7 Å². The number of likely N-dealkylation sites (N-methyl/N-ethyl adjacent to an activating group) is 3. The van der Waals surface area contributed by atoms with Gasteiger partial charge in [-0.15, -0.1) is 0 Å². The van der Waals surface area contributed by atoms with Gasteiger partial charge in [0.25, 0.3) is 0 Å². The molecule has 0 radical (unpaired) electrons. The molecule has 12 heteroatoms. The van der Waals surface area contributed by atoms with Crippen LogP contribution in [0.15, 0.2) is 32.9 Å². The zero-order chi connectivity index (χ0) is 35.2. The van der Waals surface area contributed by atoms with Crippen molar-refractivity contribution in [1.29, 1.82) is 0 Å². The lowest BCUT2D eigenvalue weighted by atomic mass is 9.83. The van der Waals surface area contributed by atoms with Crippen LogP contribution in [0, 0.1) is 0 Å². The zero-order valence-electron chi connectivity index (χ0n) is 32.9. The second-order valence-electron chi connectivity index (χ2n) is 14.4. The summed E-state index contributed by atoms with van der Waals surface area (Å²) in [6.45, 7) is 27.0. The van der Waals surface area contributed by atoms with Crippen molar-refractivity contribution >= 4 is 11.5 Å². The van der Waals surface area contributed by atoms with Gasteiger partial charge in [-0.25, -0.2) is 15.1 Å². The predicted molar refractivity (Wildman–Crippen MR) is 193 cm³/mol. The molecule has 262 valence electrons. The minimum Gasteiger partial charge on any atom is -0.359 e. The fourth-order valence-corrected chi connectivity index (χ4v) is 5.34. The van der Waals surface area contributed by atoms with E-state index in [0.29, 0.717) is 0 Å². The molecule has 0 N–H and O–H groups in total. The van der Waals surface area contributed by atoms with E-state index in [2.05, 4.69) is 147 Å². The lowest BCUT2D eigenvalue weighted by molar-refractivity contribution is 0.0687. The minimum atomic E-state index is 0.280. The van der Waals surface area contributed by atoms with E-state index in [1.165, 1.54) is 28.4 Å². The van der Waals surface area contributed by atoms with Gasteiger partial charge in [0, 0.05) is 91.1 Å². The molecule has 45 heavy (non-hydrogen) atoms. The van der Waals surface area contributed by atoms with E-state index in [4.69, 9.17) is 0 Å². The van der Waals surface area contributed by atoms with Crippen molar-refractivity contribution in [1.82, 2.24) is 49.7 Å². The van der Waals surface area contributed by atoms with E-state index in [0.717, 1.165) is 38.9 Å². The summed E-state index contributed by atoms with van der Waals surface area (Å²) >= 11 is 0. The molecule has 1 fully saturated rings. The molecule has 0 amide bonds. The van der Waals surface area contributed by atoms with Crippen LogP contribution in [0.5, 0.6) is 0 Å². The molecule has 0 aromatic carbocycles. The number of hydrazone groups is 2. The average molecular weight is 635 g/mol. The Labute approximate surface area is 277 Å². The molecule has 0 saturated carbocycles. The first-order chi connectivity index (χ1) is 20.4. The highest BCUT2D eigenvalue weighted by molar-refractivity contribution is 5.84. The van der Waals surface area contributed by atoms with Crippen LogP contribution < -0.4 is 0 Å². The fourth-order valence-electron chi connectivity index (χ4n) is 5.34. The van der Waals surface area contributed by atoms with Gasteiger partial charge in [0.15, 0.2) is 0 Å². The van der Waals surface area contributed by atoms with Crippen LogP contribution in [0.1, 0.15) is 69.2 Å². The standard InChI is InChI=1S/C9H20N2.2C7H14N2.2C5H11N3/c1-8(2)9(3,4)11(6)7-10(8)5;1-6-7(2)9(4)5-8(6)3;1-6-5-8(3)9(4)7(6)2;1-5-6-8(3)4-7(5)2;1-5-4-7(2)8(3)6-5/h7H2,1-6H3;2*5H2,1-4H3;2*4H2,1-3H3. The molecule has 0 unspecified atom stereocenters. The molecular weight excluding hydrogens is 564 g/mol. The van der Waals surface area contributed by atoms with E-state index in [9.17, 15) is 0 Å². The molecule has 0 aromatic rings. The molecule has 1 saturated heterocycles. The number of amidine groups is 1. The van der Waals surface area contributed by atoms with Gasteiger partial charge in [0.2, 0.25) is 0 Å². The maximum absolute atomic E-state index is 4.15. The van der Waals surface area contributed by atoms with E-state index in [-0.39, 0.29) is 11.1 Å². The van der Waals surface area contributed by atoms with Crippen molar-refractivity contribution in [3.63, 3.8) is 0 Å². The van der Waals surface area contributed by atoms with Crippen LogP contribution in [0.2, 0.25) is 0 Å². The molecule has 5 aliphatic rings. The maximum Gasteiger partial charge on any atom is 0.123 e. The first-order valence-electron chi connectivity index (χ1n) is 16.0. The normalized spacial score (nSPS) is 23.4. The number of nitrogens with zero attached hydrogens (tertiary/aromatic N) is 12. The topological polar surface area (TPSA) is 57.1 Å². The van der Waals surface area contributed by atoms with Gasteiger partial charge >= 0.3 is 0 Å². The van der Waals surface area contributed by atoms with E-state index in [1.807, 2.05) is 52.2 Å². The second kappa shape index (κ2) is 16.3. The van der Waals surface area contributed by atoms with E-state index in [1.54, 1.807) is 0 Å². The van der Waals surface area contributed by atoms with Gasteiger partial charge in [-0.05, 0) is 88.9 Å². The molecule has 0 spiro atoms. The SMILES string of the molecule is CC1=C(C)N(C)CN1C.CC1=C(C)N(C)N(C)C1.CC1=NN(C)CN1C.CC1=NN(C)N(C)C1.CN1CN(C)C(C)(C)C1(C)C. The smallest absolute Gasteiger partial charge is 0.123 e. The predicted octanol–water partition coefficient (Wildman–Crippen LogP) is 3.83. The number of hydrogen-bond acceptors (Lipinski definition) is 12. The lowest BCUT2D eigenvalue weighted by Crippen LogP contribution is -2.52. The van der Waals surface area contributed by atoms with Crippen LogP contribution in [0.4, 0.5) is 0 Å². The van der Waals surface area contributed by atoms with Crippen LogP contribution in [-0.2, 0) is 0 Å². The Balaban J connectivity index is 0.000000283. The van der Waals surface area contributed by atoms with Crippen molar-refractivity contribution in [2.24, 2.45) is 10.2 Å². The molecule has 0 aliphatic carbocycles. The summed E-state index contributed by atoms with van der Waals surface area (Å²) in [4.78, 5) is 11.4. The van der Waals surface area contributed by atoms with Crippen LogP contribution >= 0.6 is 0 Å². The van der Waals surface area contributed by atoms with Gasteiger partial charge in [0.05, 0.1) is 25.6 Å². The molecule has 5 rings (SSSR count). The third-order valence-corrected chi connectivity index (χ3v) is 10.6. The van der Waals surface area contributed by atoms with Crippen molar-refractivity contribution in [2.45, 2.75) is 80.3 Å². The van der Waals surface area contributed by atoms with Crippen LogP contribution in [0.25, 0.3) is 0 Å². The van der Waals surface area contributed by atoms with Crippen molar-refractivity contribution in [3.8, 4) is 0 Å². The molecule has 0 bridgehead atoms.